The van der Waals surface area contributed by atoms with Crippen molar-refractivity contribution in [1.29, 1.82) is 0 Å². The van der Waals surface area contributed by atoms with Crippen molar-refractivity contribution < 1.29 is 4.79 Å². The largest absolute Gasteiger partial charge is 0.351 e. The number of hydrogen-bond donors (Lipinski definition) is 1. The third-order valence-corrected chi connectivity index (χ3v) is 3.23. The number of nitrogens with one attached hydrogen (secondary N) is 1. The first kappa shape index (κ1) is 13.6. The van der Waals surface area contributed by atoms with E-state index in [1.807, 2.05) is 16.9 Å². The van der Waals surface area contributed by atoms with Gasteiger partial charge in [0.15, 0.2) is 0 Å². The molecule has 0 aromatic carbocycles. The third-order valence-electron chi connectivity index (χ3n) is 2.77. The molecule has 7 heteroatoms. The summed E-state index contributed by atoms with van der Waals surface area (Å²) in [6.07, 6.45) is 4.43. The molecule has 0 saturated carbocycles. The summed E-state index contributed by atoms with van der Waals surface area (Å²) in [6, 6.07) is 1.87. The lowest BCUT2D eigenvalue weighted by Crippen LogP contribution is -2.27. The fourth-order valence-corrected chi connectivity index (χ4v) is 2.08. The van der Waals surface area contributed by atoms with E-state index in [1.54, 1.807) is 20.2 Å². The Hall–Kier alpha value is -1.82. The van der Waals surface area contributed by atoms with Crippen molar-refractivity contribution >= 4 is 17.5 Å². The zero-order valence-corrected chi connectivity index (χ0v) is 11.7. The Labute approximate surface area is 116 Å². The van der Waals surface area contributed by atoms with Crippen molar-refractivity contribution in [3.05, 3.63) is 34.9 Å². The first-order valence-corrected chi connectivity index (χ1v) is 6.42. The summed E-state index contributed by atoms with van der Waals surface area (Å²) in [5.41, 5.74) is 1.06. The summed E-state index contributed by atoms with van der Waals surface area (Å²) in [6.45, 7) is 3.11. The minimum atomic E-state index is -0.200. The lowest BCUT2D eigenvalue weighted by atomic mass is 10.3. The predicted octanol–water partition coefficient (Wildman–Crippen LogP) is 1.40. The van der Waals surface area contributed by atoms with E-state index in [4.69, 9.17) is 11.6 Å². The van der Waals surface area contributed by atoms with Gasteiger partial charge in [-0.05, 0) is 19.4 Å². The van der Waals surface area contributed by atoms with Crippen LogP contribution in [0.3, 0.4) is 0 Å². The van der Waals surface area contributed by atoms with Crippen LogP contribution in [0.5, 0.6) is 0 Å². The first-order valence-electron chi connectivity index (χ1n) is 6.04. The molecule has 102 valence electrons. The Morgan fingerprint density at radius 3 is 2.89 bits per heavy atom. The molecule has 0 fully saturated rings. The molecule has 0 spiro atoms. The molecule has 0 bridgehead atoms. The monoisotopic (exact) mass is 281 g/mol. The second kappa shape index (κ2) is 5.88. The number of hydrogen-bond acceptors (Lipinski definition) is 3. The fraction of sp³-hybridized carbons (Fsp3) is 0.417. The maximum atomic E-state index is 12.0. The molecule has 2 aromatic heterocycles. The van der Waals surface area contributed by atoms with E-state index in [0.717, 1.165) is 13.0 Å². The fourth-order valence-electron chi connectivity index (χ4n) is 1.84. The molecule has 0 atom stereocenters. The van der Waals surface area contributed by atoms with E-state index in [1.165, 1.54) is 4.68 Å². The third kappa shape index (κ3) is 3.14. The van der Waals surface area contributed by atoms with Crippen molar-refractivity contribution in [3.63, 3.8) is 0 Å². The molecule has 0 aliphatic rings. The molecule has 6 nitrogen and oxygen atoms in total. The molecule has 0 aliphatic carbocycles. The van der Waals surface area contributed by atoms with Crippen molar-refractivity contribution in [3.8, 4) is 0 Å². The van der Waals surface area contributed by atoms with Crippen molar-refractivity contribution in [2.45, 2.75) is 19.9 Å². The van der Waals surface area contributed by atoms with Gasteiger partial charge in [0.2, 0.25) is 0 Å². The lowest BCUT2D eigenvalue weighted by molar-refractivity contribution is 0.0943. The minimum absolute atomic E-state index is 0.200. The lowest BCUT2D eigenvalue weighted by Gasteiger charge is -2.06. The van der Waals surface area contributed by atoms with Crippen molar-refractivity contribution in [2.24, 2.45) is 7.05 Å². The number of carbonyl (C=O) groups is 1. The number of halogens is 1. The van der Waals surface area contributed by atoms with E-state index in [-0.39, 0.29) is 5.91 Å². The zero-order chi connectivity index (χ0) is 13.8. The summed E-state index contributed by atoms with van der Waals surface area (Å²) in [5.74, 6) is -0.200. The number of rotatable bonds is 5. The molecule has 2 aromatic rings. The van der Waals surface area contributed by atoms with Crippen LogP contribution in [0.15, 0.2) is 18.5 Å². The van der Waals surface area contributed by atoms with Crippen LogP contribution < -0.4 is 5.32 Å². The summed E-state index contributed by atoms with van der Waals surface area (Å²) >= 11 is 6.04. The van der Waals surface area contributed by atoms with Crippen LogP contribution in [-0.4, -0.2) is 32.0 Å². The van der Waals surface area contributed by atoms with E-state index < -0.39 is 0 Å². The SMILES string of the molecule is Cc1nn(C)c(C(=O)NCCCn2cccn2)c1Cl. The van der Waals surface area contributed by atoms with Gasteiger partial charge in [0.25, 0.3) is 5.91 Å². The van der Waals surface area contributed by atoms with Gasteiger partial charge in [-0.25, -0.2) is 0 Å². The summed E-state index contributed by atoms with van der Waals surface area (Å²) in [5, 5.41) is 11.4. The highest BCUT2D eigenvalue weighted by Gasteiger charge is 2.17. The van der Waals surface area contributed by atoms with Gasteiger partial charge >= 0.3 is 0 Å². The molecule has 2 heterocycles. The Morgan fingerprint density at radius 2 is 2.32 bits per heavy atom. The Balaban J connectivity index is 1.84. The Bertz CT molecular complexity index is 561. The van der Waals surface area contributed by atoms with Gasteiger partial charge in [0.05, 0.1) is 10.7 Å². The maximum Gasteiger partial charge on any atom is 0.271 e. The normalized spacial score (nSPS) is 10.7. The standard InChI is InChI=1S/C12H16ClN5O/c1-9-10(13)11(17(2)16-9)12(19)14-5-3-7-18-8-4-6-15-18/h4,6,8H,3,5,7H2,1-2H3,(H,14,19). The van der Waals surface area contributed by atoms with Crippen LogP contribution in [0.4, 0.5) is 0 Å². The molecule has 0 radical (unpaired) electrons. The van der Waals surface area contributed by atoms with Crippen LogP contribution >= 0.6 is 11.6 Å². The second-order valence-corrected chi connectivity index (χ2v) is 4.63. The van der Waals surface area contributed by atoms with Gasteiger partial charge in [0, 0.05) is 32.5 Å². The van der Waals surface area contributed by atoms with Crippen LogP contribution in [0.2, 0.25) is 5.02 Å². The van der Waals surface area contributed by atoms with Gasteiger partial charge in [-0.15, -0.1) is 0 Å². The number of aryl methyl sites for hydroxylation is 3. The molecule has 1 N–H and O–H groups in total. The Morgan fingerprint density at radius 1 is 1.53 bits per heavy atom. The van der Waals surface area contributed by atoms with Gasteiger partial charge in [0.1, 0.15) is 5.69 Å². The van der Waals surface area contributed by atoms with Crippen LogP contribution in [-0.2, 0) is 13.6 Å². The van der Waals surface area contributed by atoms with Crippen LogP contribution in [0, 0.1) is 6.92 Å². The van der Waals surface area contributed by atoms with Gasteiger partial charge < -0.3 is 5.32 Å². The van der Waals surface area contributed by atoms with E-state index in [2.05, 4.69) is 15.5 Å². The van der Waals surface area contributed by atoms with Crippen molar-refractivity contribution in [2.75, 3.05) is 6.54 Å². The van der Waals surface area contributed by atoms with E-state index >= 15 is 0 Å². The van der Waals surface area contributed by atoms with Crippen LogP contribution in [0.25, 0.3) is 0 Å². The summed E-state index contributed by atoms with van der Waals surface area (Å²) in [7, 11) is 1.71. The molecule has 0 saturated heterocycles. The van der Waals surface area contributed by atoms with E-state index in [9.17, 15) is 4.79 Å². The average Bonchev–Trinajstić information content (AvgIpc) is 2.95. The van der Waals surface area contributed by atoms with Gasteiger partial charge in [-0.2, -0.15) is 10.2 Å². The van der Waals surface area contributed by atoms with Gasteiger partial charge in [-0.3, -0.25) is 14.2 Å². The highest BCUT2D eigenvalue weighted by atomic mass is 35.5. The minimum Gasteiger partial charge on any atom is -0.351 e. The average molecular weight is 282 g/mol. The maximum absolute atomic E-state index is 12.0. The smallest absolute Gasteiger partial charge is 0.271 e. The number of aromatic nitrogens is 4. The second-order valence-electron chi connectivity index (χ2n) is 4.25. The van der Waals surface area contributed by atoms with Gasteiger partial charge in [-0.1, -0.05) is 11.6 Å². The molecule has 2 rings (SSSR count). The topological polar surface area (TPSA) is 64.7 Å². The Kier molecular flexibility index (Phi) is 4.21. The first-order chi connectivity index (χ1) is 9.09. The molecular formula is C12H16ClN5O. The molecular weight excluding hydrogens is 266 g/mol. The molecule has 0 aliphatic heterocycles. The number of carbonyl (C=O) groups excluding carboxylic acids is 1. The molecule has 19 heavy (non-hydrogen) atoms. The summed E-state index contributed by atoms with van der Waals surface area (Å²) < 4.78 is 3.33. The van der Waals surface area contributed by atoms with E-state index in [0.29, 0.717) is 23.0 Å². The number of nitrogens with zero attached hydrogens (tertiary/aromatic N) is 4. The number of amides is 1. The zero-order valence-electron chi connectivity index (χ0n) is 10.9. The molecule has 1 amide bonds. The quantitative estimate of drug-likeness (QED) is 0.843. The molecule has 0 unspecified atom stereocenters. The highest BCUT2D eigenvalue weighted by Crippen LogP contribution is 2.18. The predicted molar refractivity (Wildman–Crippen MR) is 72.1 cm³/mol. The van der Waals surface area contributed by atoms with Crippen molar-refractivity contribution in [1.82, 2.24) is 24.9 Å². The highest BCUT2D eigenvalue weighted by molar-refractivity contribution is 6.34. The summed E-state index contributed by atoms with van der Waals surface area (Å²) in [4.78, 5) is 12.0. The van der Waals surface area contributed by atoms with Crippen LogP contribution in [0.1, 0.15) is 22.6 Å².